The van der Waals surface area contributed by atoms with Gasteiger partial charge in [-0.05, 0) is 56.3 Å². The molecule has 4 fully saturated rings. The van der Waals surface area contributed by atoms with Gasteiger partial charge in [0.05, 0.1) is 19.1 Å². The Morgan fingerprint density at radius 1 is 1.25 bits per heavy atom. The number of ether oxygens (including phenoxy) is 1. The smallest absolute Gasteiger partial charge is 0.309 e. The fourth-order valence-electron chi connectivity index (χ4n) is 9.41. The first-order chi connectivity index (χ1) is 13.3. The largest absolute Gasteiger partial charge is 0.469 e. The van der Waals surface area contributed by atoms with Crippen LogP contribution in [-0.2, 0) is 9.53 Å². The summed E-state index contributed by atoms with van der Waals surface area (Å²) in [4.78, 5) is 15.2. The summed E-state index contributed by atoms with van der Waals surface area (Å²) in [5.74, 6) is 0.671. The van der Waals surface area contributed by atoms with Crippen molar-refractivity contribution < 1.29 is 19.7 Å². The summed E-state index contributed by atoms with van der Waals surface area (Å²) in [5, 5.41) is 24.2. The lowest BCUT2D eigenvalue weighted by Gasteiger charge is -2.70. The van der Waals surface area contributed by atoms with Crippen LogP contribution in [0.15, 0.2) is 11.1 Å². The first kappa shape index (κ1) is 17.9. The van der Waals surface area contributed by atoms with E-state index in [-0.39, 0.29) is 29.1 Å². The number of hydrogen-bond donors (Lipinski definition) is 2. The van der Waals surface area contributed by atoms with Gasteiger partial charge in [0.15, 0.2) is 0 Å². The highest BCUT2D eigenvalue weighted by molar-refractivity contribution is 5.75. The Morgan fingerprint density at radius 3 is 2.75 bits per heavy atom. The zero-order valence-electron chi connectivity index (χ0n) is 17.3. The molecule has 0 aromatic rings. The summed E-state index contributed by atoms with van der Waals surface area (Å²) >= 11 is 0. The molecular formula is C23H33NO4. The number of hydrogen-bond acceptors (Lipinski definition) is 5. The van der Waals surface area contributed by atoms with Crippen LogP contribution in [0.25, 0.3) is 0 Å². The highest BCUT2D eigenvalue weighted by Crippen LogP contribution is 2.79. The number of carbonyl (C=O) groups is 1. The molecule has 5 nitrogen and oxygen atoms in total. The van der Waals surface area contributed by atoms with Gasteiger partial charge < -0.3 is 14.9 Å². The van der Waals surface area contributed by atoms with Crippen LogP contribution in [0.2, 0.25) is 0 Å². The average Bonchev–Trinajstić information content (AvgIpc) is 3.29. The lowest BCUT2D eigenvalue weighted by Crippen LogP contribution is -2.77. The zero-order valence-corrected chi connectivity index (χ0v) is 17.3. The summed E-state index contributed by atoms with van der Waals surface area (Å²) in [7, 11) is 1.49. The molecule has 5 heteroatoms. The van der Waals surface area contributed by atoms with E-state index in [1.807, 2.05) is 0 Å². The van der Waals surface area contributed by atoms with Crippen LogP contribution in [0.1, 0.15) is 52.4 Å². The van der Waals surface area contributed by atoms with Gasteiger partial charge in [-0.1, -0.05) is 25.0 Å². The number of nitrogens with zero attached hydrogens (tertiary/aromatic N) is 1. The standard InChI is InChI=1S/C23H33NO4/c1-12-10-24-11-14-6-4-13-5-7-15-16(20(26)28-3)9-22(19(13)15)21(14,2)18(25)8-17(12)23(22,24)27/h12,14-18,25,27H,4-11H2,1-3H3/t12-,14-,15-,16-,17-,18+,21-,22-,23-/m1/s1. The molecule has 6 aliphatic rings. The molecule has 4 bridgehead atoms. The molecule has 6 rings (SSSR count). The third-order valence-corrected chi connectivity index (χ3v) is 10.5. The highest BCUT2D eigenvalue weighted by Gasteiger charge is 2.82. The summed E-state index contributed by atoms with van der Waals surface area (Å²) in [6.07, 6.45) is 5.11. The molecule has 0 aromatic heterocycles. The van der Waals surface area contributed by atoms with Crippen molar-refractivity contribution in [3.63, 3.8) is 0 Å². The van der Waals surface area contributed by atoms with Crippen LogP contribution in [-0.4, -0.2) is 53.1 Å². The first-order valence-electron chi connectivity index (χ1n) is 11.3. The van der Waals surface area contributed by atoms with Gasteiger partial charge in [0.1, 0.15) is 5.72 Å². The van der Waals surface area contributed by atoms with Gasteiger partial charge >= 0.3 is 5.97 Å². The molecule has 2 saturated heterocycles. The molecule has 2 heterocycles. The molecule has 0 aromatic carbocycles. The Kier molecular flexibility index (Phi) is 3.34. The van der Waals surface area contributed by atoms with Crippen molar-refractivity contribution in [3.05, 3.63) is 11.1 Å². The van der Waals surface area contributed by atoms with E-state index in [4.69, 9.17) is 4.74 Å². The zero-order chi connectivity index (χ0) is 19.6. The third kappa shape index (κ3) is 1.58. The number of carbonyl (C=O) groups excluding carboxylic acids is 1. The Labute approximate surface area is 167 Å². The van der Waals surface area contributed by atoms with Crippen molar-refractivity contribution in [1.29, 1.82) is 0 Å². The predicted octanol–water partition coefficient (Wildman–Crippen LogP) is 2.32. The van der Waals surface area contributed by atoms with Crippen molar-refractivity contribution >= 4 is 5.97 Å². The first-order valence-corrected chi connectivity index (χ1v) is 11.3. The number of methoxy groups -OCH3 is 1. The fourth-order valence-corrected chi connectivity index (χ4v) is 9.41. The Hall–Kier alpha value is -0.910. The van der Waals surface area contributed by atoms with E-state index in [1.54, 1.807) is 0 Å². The van der Waals surface area contributed by atoms with Gasteiger partial charge in [-0.3, -0.25) is 9.69 Å². The average molecular weight is 388 g/mol. The maximum atomic E-state index is 12.8. The second kappa shape index (κ2) is 5.22. The van der Waals surface area contributed by atoms with Crippen LogP contribution in [0.4, 0.5) is 0 Å². The van der Waals surface area contributed by atoms with Gasteiger partial charge in [0, 0.05) is 29.8 Å². The number of rotatable bonds is 1. The van der Waals surface area contributed by atoms with E-state index in [9.17, 15) is 15.0 Å². The predicted molar refractivity (Wildman–Crippen MR) is 103 cm³/mol. The minimum absolute atomic E-state index is 0.0704. The van der Waals surface area contributed by atoms with Gasteiger partial charge in [-0.15, -0.1) is 0 Å². The Balaban J connectivity index is 1.67. The van der Waals surface area contributed by atoms with Crippen molar-refractivity contribution in [2.75, 3.05) is 20.2 Å². The molecule has 0 unspecified atom stereocenters. The molecular weight excluding hydrogens is 354 g/mol. The second-order valence-corrected chi connectivity index (χ2v) is 10.9. The van der Waals surface area contributed by atoms with Gasteiger partial charge in [0.25, 0.3) is 0 Å². The molecule has 4 aliphatic carbocycles. The quantitative estimate of drug-likeness (QED) is 0.534. The van der Waals surface area contributed by atoms with Crippen LogP contribution in [0.5, 0.6) is 0 Å². The topological polar surface area (TPSA) is 70.0 Å². The molecule has 2 N–H and O–H groups in total. The van der Waals surface area contributed by atoms with E-state index in [0.29, 0.717) is 24.7 Å². The molecule has 1 spiro atoms. The van der Waals surface area contributed by atoms with Gasteiger partial charge in [-0.25, -0.2) is 0 Å². The number of esters is 1. The number of aliphatic hydroxyl groups is 2. The molecule has 154 valence electrons. The highest BCUT2D eigenvalue weighted by atomic mass is 16.5. The molecule has 9 atom stereocenters. The van der Waals surface area contributed by atoms with Crippen molar-refractivity contribution in [2.24, 2.45) is 40.4 Å². The second-order valence-electron chi connectivity index (χ2n) is 10.9. The van der Waals surface area contributed by atoms with Crippen LogP contribution in [0, 0.1) is 40.4 Å². The number of allylic oxidation sites excluding steroid dienone is 1. The van der Waals surface area contributed by atoms with E-state index in [2.05, 4.69) is 18.7 Å². The van der Waals surface area contributed by atoms with Gasteiger partial charge in [-0.2, -0.15) is 0 Å². The normalized spacial score (nSPS) is 56.6. The number of aliphatic hydroxyl groups excluding tert-OH is 1. The molecule has 2 aliphatic heterocycles. The Morgan fingerprint density at radius 2 is 2.00 bits per heavy atom. The summed E-state index contributed by atoms with van der Waals surface area (Å²) in [6, 6.07) is 0. The molecule has 28 heavy (non-hydrogen) atoms. The SMILES string of the molecule is COC(=O)[C@@H]1C[C@@]23C4=C(CC[C@@H]5CN6C[C@@H](C)[C@@H](C[C@H](O)[C@@]52C)[C@]63O)CC[C@@H]41. The maximum Gasteiger partial charge on any atom is 0.309 e. The van der Waals surface area contributed by atoms with Crippen molar-refractivity contribution in [3.8, 4) is 0 Å². The molecule has 2 saturated carbocycles. The minimum atomic E-state index is -0.937. The maximum absolute atomic E-state index is 12.8. The van der Waals surface area contributed by atoms with Crippen LogP contribution < -0.4 is 0 Å². The summed E-state index contributed by atoms with van der Waals surface area (Å²) < 4.78 is 5.24. The van der Waals surface area contributed by atoms with E-state index in [0.717, 1.165) is 38.8 Å². The van der Waals surface area contributed by atoms with Crippen molar-refractivity contribution in [1.82, 2.24) is 4.90 Å². The van der Waals surface area contributed by atoms with E-state index in [1.165, 1.54) is 18.3 Å². The lowest BCUT2D eigenvalue weighted by atomic mass is 9.41. The monoisotopic (exact) mass is 387 g/mol. The number of piperidine rings is 1. The Bertz CT molecular complexity index is 793. The van der Waals surface area contributed by atoms with E-state index >= 15 is 0 Å². The van der Waals surface area contributed by atoms with Crippen LogP contribution >= 0.6 is 0 Å². The fraction of sp³-hybridized carbons (Fsp3) is 0.870. The van der Waals surface area contributed by atoms with Gasteiger partial charge in [0.2, 0.25) is 0 Å². The summed E-state index contributed by atoms with van der Waals surface area (Å²) in [6.45, 7) is 6.26. The van der Waals surface area contributed by atoms with E-state index < -0.39 is 17.2 Å². The third-order valence-electron chi connectivity index (χ3n) is 10.5. The van der Waals surface area contributed by atoms with Crippen molar-refractivity contribution in [2.45, 2.75) is 64.2 Å². The molecule has 0 radical (unpaired) electrons. The lowest BCUT2D eigenvalue weighted by molar-refractivity contribution is -0.320. The minimum Gasteiger partial charge on any atom is -0.469 e. The van der Waals surface area contributed by atoms with Crippen LogP contribution in [0.3, 0.4) is 0 Å². The summed E-state index contributed by atoms with van der Waals surface area (Å²) in [5.41, 5.74) is 1.04. The molecule has 0 amide bonds.